The number of hydrogen-bond donors (Lipinski definition) is 3. The van der Waals surface area contributed by atoms with Crippen molar-refractivity contribution in [1.29, 1.82) is 0 Å². The van der Waals surface area contributed by atoms with Crippen LogP contribution in [0.15, 0.2) is 22.1 Å². The molecule has 80 valence electrons. The van der Waals surface area contributed by atoms with Crippen LogP contribution in [0.2, 0.25) is 0 Å². The first-order valence-electron chi connectivity index (χ1n) is 4.79. The second-order valence-corrected chi connectivity index (χ2v) is 3.81. The summed E-state index contributed by atoms with van der Waals surface area (Å²) in [5.74, 6) is 0. The fraction of sp³-hybridized carbons (Fsp3) is 0.400. The maximum Gasteiger partial charge on any atom is 0.323 e. The van der Waals surface area contributed by atoms with Gasteiger partial charge in [-0.15, -0.1) is 0 Å². The Morgan fingerprint density at radius 2 is 2.40 bits per heavy atom. The van der Waals surface area contributed by atoms with E-state index in [0.29, 0.717) is 12.8 Å². The first kappa shape index (κ1) is 9.92. The van der Waals surface area contributed by atoms with Crippen LogP contribution in [-0.2, 0) is 6.42 Å². The van der Waals surface area contributed by atoms with Gasteiger partial charge in [-0.1, -0.05) is 0 Å². The Balaban J connectivity index is 2.21. The number of aliphatic imine (C=N–C) groups is 1. The van der Waals surface area contributed by atoms with E-state index in [1.165, 1.54) is 0 Å². The average molecular weight is 207 g/mol. The third kappa shape index (κ3) is 2.07. The van der Waals surface area contributed by atoms with Crippen LogP contribution in [0.1, 0.15) is 17.8 Å². The van der Waals surface area contributed by atoms with Crippen LogP contribution >= 0.6 is 0 Å². The third-order valence-corrected chi connectivity index (χ3v) is 2.52. The standard InChI is InChI=1S/C10H13N3O2/c1-7-8(13-9(14)12-7)6-10(15)2-4-11-5-3-10/h2,4-5,15H,3,6H2,1H3,(H2,12,13,14). The number of nitrogens with one attached hydrogen (secondary N) is 2. The molecule has 1 aromatic rings. The molecule has 2 heterocycles. The van der Waals surface area contributed by atoms with Gasteiger partial charge in [0.2, 0.25) is 0 Å². The van der Waals surface area contributed by atoms with Crippen molar-refractivity contribution in [2.45, 2.75) is 25.4 Å². The van der Waals surface area contributed by atoms with Crippen molar-refractivity contribution in [1.82, 2.24) is 9.97 Å². The zero-order chi connectivity index (χ0) is 10.9. The number of aryl methyl sites for hydroxylation is 1. The SMILES string of the molecule is Cc1[nH]c(=O)[nH]c1CC1(O)C=CN=CC1. The van der Waals surface area contributed by atoms with Gasteiger partial charge in [-0.25, -0.2) is 4.79 Å². The molecule has 1 aliphatic rings. The molecule has 0 radical (unpaired) electrons. The maximum atomic E-state index is 11.0. The van der Waals surface area contributed by atoms with E-state index in [0.717, 1.165) is 11.4 Å². The minimum absolute atomic E-state index is 0.237. The van der Waals surface area contributed by atoms with Gasteiger partial charge >= 0.3 is 5.69 Å². The van der Waals surface area contributed by atoms with Crippen molar-refractivity contribution in [2.24, 2.45) is 4.99 Å². The lowest BCUT2D eigenvalue weighted by Crippen LogP contribution is -2.31. The van der Waals surface area contributed by atoms with Crippen LogP contribution in [0, 0.1) is 6.92 Å². The highest BCUT2D eigenvalue weighted by Crippen LogP contribution is 2.20. The summed E-state index contributed by atoms with van der Waals surface area (Å²) in [5.41, 5.74) is 0.337. The highest BCUT2D eigenvalue weighted by atomic mass is 16.3. The molecule has 0 saturated heterocycles. The van der Waals surface area contributed by atoms with Crippen molar-refractivity contribution >= 4 is 6.21 Å². The molecule has 0 saturated carbocycles. The van der Waals surface area contributed by atoms with E-state index in [1.54, 1.807) is 25.4 Å². The van der Waals surface area contributed by atoms with E-state index in [9.17, 15) is 9.90 Å². The molecule has 0 aliphatic carbocycles. The second kappa shape index (κ2) is 3.51. The summed E-state index contributed by atoms with van der Waals surface area (Å²) < 4.78 is 0. The van der Waals surface area contributed by atoms with Crippen LogP contribution in [0.4, 0.5) is 0 Å². The molecule has 5 nitrogen and oxygen atoms in total. The van der Waals surface area contributed by atoms with Gasteiger partial charge in [0.05, 0.1) is 5.60 Å². The minimum Gasteiger partial charge on any atom is -0.385 e. The quantitative estimate of drug-likeness (QED) is 0.650. The summed E-state index contributed by atoms with van der Waals surface area (Å²) in [4.78, 5) is 20.2. The zero-order valence-corrected chi connectivity index (χ0v) is 8.45. The average Bonchev–Trinajstić information content (AvgIpc) is 2.45. The number of nitrogens with zero attached hydrogens (tertiary/aromatic N) is 1. The molecule has 2 rings (SSSR count). The van der Waals surface area contributed by atoms with Crippen LogP contribution in [0.3, 0.4) is 0 Å². The van der Waals surface area contributed by atoms with E-state index in [2.05, 4.69) is 15.0 Å². The van der Waals surface area contributed by atoms with Gasteiger partial charge in [0.15, 0.2) is 0 Å². The topological polar surface area (TPSA) is 81.2 Å². The Bertz CT molecular complexity index is 469. The number of rotatable bonds is 2. The van der Waals surface area contributed by atoms with Gasteiger partial charge in [0, 0.05) is 36.6 Å². The van der Waals surface area contributed by atoms with Gasteiger partial charge in [-0.2, -0.15) is 0 Å². The number of hydrogen-bond acceptors (Lipinski definition) is 3. The molecule has 15 heavy (non-hydrogen) atoms. The predicted molar refractivity (Wildman–Crippen MR) is 57.1 cm³/mol. The Morgan fingerprint density at radius 3 is 2.93 bits per heavy atom. The Morgan fingerprint density at radius 1 is 1.60 bits per heavy atom. The fourth-order valence-corrected chi connectivity index (χ4v) is 1.64. The van der Waals surface area contributed by atoms with E-state index < -0.39 is 5.60 Å². The summed E-state index contributed by atoms with van der Waals surface area (Å²) in [6, 6.07) is 0. The molecular formula is C10H13N3O2. The Labute approximate surface area is 86.6 Å². The van der Waals surface area contributed by atoms with Gasteiger partial charge in [-0.3, -0.25) is 4.99 Å². The molecule has 3 N–H and O–H groups in total. The Hall–Kier alpha value is -1.62. The van der Waals surface area contributed by atoms with Crippen LogP contribution < -0.4 is 5.69 Å². The van der Waals surface area contributed by atoms with E-state index >= 15 is 0 Å². The lowest BCUT2D eigenvalue weighted by molar-refractivity contribution is 0.0978. The lowest BCUT2D eigenvalue weighted by atomic mass is 9.92. The van der Waals surface area contributed by atoms with Crippen LogP contribution in [0.5, 0.6) is 0 Å². The monoisotopic (exact) mass is 207 g/mol. The molecule has 0 spiro atoms. The van der Waals surface area contributed by atoms with Crippen molar-refractivity contribution in [2.75, 3.05) is 0 Å². The van der Waals surface area contributed by atoms with Gasteiger partial charge in [-0.05, 0) is 13.0 Å². The normalized spacial score (nSPS) is 24.7. The number of H-pyrrole nitrogens is 2. The minimum atomic E-state index is -0.933. The predicted octanol–water partition coefficient (Wildman–Crippen LogP) is 0.273. The van der Waals surface area contributed by atoms with Crippen molar-refractivity contribution in [3.8, 4) is 0 Å². The molecule has 0 amide bonds. The molecule has 0 fully saturated rings. The smallest absolute Gasteiger partial charge is 0.323 e. The molecule has 1 atom stereocenters. The van der Waals surface area contributed by atoms with Crippen molar-refractivity contribution in [3.05, 3.63) is 34.1 Å². The second-order valence-electron chi connectivity index (χ2n) is 3.81. The zero-order valence-electron chi connectivity index (χ0n) is 8.45. The van der Waals surface area contributed by atoms with Crippen LogP contribution in [-0.4, -0.2) is 26.9 Å². The summed E-state index contributed by atoms with van der Waals surface area (Å²) in [6.07, 6.45) is 5.75. The molecule has 1 aromatic heterocycles. The highest BCUT2D eigenvalue weighted by Gasteiger charge is 2.26. The van der Waals surface area contributed by atoms with Crippen LogP contribution in [0.25, 0.3) is 0 Å². The van der Waals surface area contributed by atoms with E-state index in [4.69, 9.17) is 0 Å². The van der Waals surface area contributed by atoms with Gasteiger partial charge < -0.3 is 15.1 Å². The molecular weight excluding hydrogens is 194 g/mol. The molecule has 0 aromatic carbocycles. The highest BCUT2D eigenvalue weighted by molar-refractivity contribution is 5.62. The van der Waals surface area contributed by atoms with Gasteiger partial charge in [0.25, 0.3) is 0 Å². The number of imidazole rings is 1. The summed E-state index contributed by atoms with van der Waals surface area (Å²) in [7, 11) is 0. The number of aromatic nitrogens is 2. The van der Waals surface area contributed by atoms with Crippen molar-refractivity contribution in [3.63, 3.8) is 0 Å². The molecule has 1 aliphatic heterocycles. The molecule has 5 heteroatoms. The van der Waals surface area contributed by atoms with E-state index in [-0.39, 0.29) is 5.69 Å². The molecule has 0 bridgehead atoms. The van der Waals surface area contributed by atoms with E-state index in [1.807, 2.05) is 0 Å². The number of aliphatic hydroxyl groups is 1. The fourth-order valence-electron chi connectivity index (χ4n) is 1.64. The summed E-state index contributed by atoms with van der Waals surface area (Å²) in [5, 5.41) is 10.1. The first-order chi connectivity index (χ1) is 7.09. The lowest BCUT2D eigenvalue weighted by Gasteiger charge is -2.23. The van der Waals surface area contributed by atoms with Gasteiger partial charge in [0.1, 0.15) is 0 Å². The molecule has 1 unspecified atom stereocenters. The summed E-state index contributed by atoms with van der Waals surface area (Å²) in [6.45, 7) is 1.80. The first-order valence-corrected chi connectivity index (χ1v) is 4.79. The maximum absolute atomic E-state index is 11.0. The van der Waals surface area contributed by atoms with Crippen molar-refractivity contribution < 1.29 is 5.11 Å². The third-order valence-electron chi connectivity index (χ3n) is 2.52. The Kier molecular flexibility index (Phi) is 2.32. The largest absolute Gasteiger partial charge is 0.385 e. The number of aromatic amines is 2. The summed E-state index contributed by atoms with van der Waals surface area (Å²) >= 11 is 0.